The lowest BCUT2D eigenvalue weighted by atomic mass is 10.3. The Morgan fingerprint density at radius 2 is 1.96 bits per heavy atom. The maximum Gasteiger partial charge on any atom is 0.345 e. The SMILES string of the molecule is O=C(CCCNC(=O)Nc1ccc(Cl)cc1)Nc1ncc([N+](=O)[O-])s1. The van der Waals surface area contributed by atoms with Gasteiger partial charge < -0.3 is 16.0 Å². The molecule has 0 atom stereocenters. The largest absolute Gasteiger partial charge is 0.345 e. The number of nitrogens with one attached hydrogen (secondary N) is 3. The van der Waals surface area contributed by atoms with Crippen LogP contribution in [0.15, 0.2) is 30.5 Å². The fourth-order valence-electron chi connectivity index (χ4n) is 1.75. The normalized spacial score (nSPS) is 10.1. The minimum absolute atomic E-state index is 0.143. The first-order chi connectivity index (χ1) is 11.9. The van der Waals surface area contributed by atoms with Crippen molar-refractivity contribution in [2.75, 3.05) is 17.2 Å². The van der Waals surface area contributed by atoms with Crippen LogP contribution in [0.5, 0.6) is 0 Å². The highest BCUT2D eigenvalue weighted by Gasteiger charge is 2.13. The van der Waals surface area contributed by atoms with Crippen molar-refractivity contribution in [3.05, 3.63) is 45.6 Å². The minimum atomic E-state index is -0.573. The van der Waals surface area contributed by atoms with Crippen molar-refractivity contribution in [2.45, 2.75) is 12.8 Å². The zero-order valence-corrected chi connectivity index (χ0v) is 14.4. The van der Waals surface area contributed by atoms with Gasteiger partial charge >= 0.3 is 11.0 Å². The van der Waals surface area contributed by atoms with Crippen LogP contribution in [0.4, 0.5) is 20.6 Å². The van der Waals surface area contributed by atoms with Gasteiger partial charge in [0.25, 0.3) is 0 Å². The molecule has 1 aromatic carbocycles. The van der Waals surface area contributed by atoms with Crippen molar-refractivity contribution in [1.82, 2.24) is 10.3 Å². The molecule has 0 aliphatic rings. The highest BCUT2D eigenvalue weighted by atomic mass is 35.5. The van der Waals surface area contributed by atoms with Crippen LogP contribution in [-0.2, 0) is 4.79 Å². The molecule has 0 aliphatic heterocycles. The fourth-order valence-corrected chi connectivity index (χ4v) is 2.52. The standard InChI is InChI=1S/C14H14ClN5O4S/c15-9-3-5-10(6-4-9)18-13(22)16-7-1-2-11(21)19-14-17-8-12(25-14)20(23)24/h3-6,8H,1-2,7H2,(H2,16,18,22)(H,17,19,21). The van der Waals surface area contributed by atoms with Gasteiger partial charge in [0.2, 0.25) is 5.91 Å². The van der Waals surface area contributed by atoms with Crippen LogP contribution < -0.4 is 16.0 Å². The Bertz CT molecular complexity index is 765. The van der Waals surface area contributed by atoms with Crippen molar-refractivity contribution in [2.24, 2.45) is 0 Å². The van der Waals surface area contributed by atoms with E-state index < -0.39 is 11.0 Å². The van der Waals surface area contributed by atoms with Gasteiger partial charge in [-0.1, -0.05) is 11.6 Å². The molecule has 132 valence electrons. The van der Waals surface area contributed by atoms with Crippen molar-refractivity contribution in [3.8, 4) is 0 Å². The number of aromatic nitrogens is 1. The smallest absolute Gasteiger partial charge is 0.338 e. The molecule has 0 aliphatic carbocycles. The van der Waals surface area contributed by atoms with E-state index in [4.69, 9.17) is 11.6 Å². The second-order valence-corrected chi connectivity index (χ2v) is 6.25. The lowest BCUT2D eigenvalue weighted by molar-refractivity contribution is -0.380. The number of amides is 3. The van der Waals surface area contributed by atoms with E-state index in [9.17, 15) is 19.7 Å². The van der Waals surface area contributed by atoms with Gasteiger partial charge in [-0.2, -0.15) is 0 Å². The molecular formula is C14H14ClN5O4S. The molecule has 3 amide bonds. The number of nitrogens with zero attached hydrogens (tertiary/aromatic N) is 2. The summed E-state index contributed by atoms with van der Waals surface area (Å²) in [6, 6.07) is 6.26. The van der Waals surface area contributed by atoms with E-state index in [2.05, 4.69) is 20.9 Å². The van der Waals surface area contributed by atoms with Crippen molar-refractivity contribution >= 4 is 50.7 Å². The summed E-state index contributed by atoms with van der Waals surface area (Å²) in [6.07, 6.45) is 1.64. The Balaban J connectivity index is 1.64. The first-order valence-electron chi connectivity index (χ1n) is 7.14. The number of benzene rings is 1. The van der Waals surface area contributed by atoms with Gasteiger partial charge in [-0.15, -0.1) is 0 Å². The summed E-state index contributed by atoms with van der Waals surface area (Å²) >= 11 is 6.54. The third-order valence-electron chi connectivity index (χ3n) is 2.89. The number of carbonyl (C=O) groups excluding carboxylic acids is 2. The van der Waals surface area contributed by atoms with E-state index in [-0.39, 0.29) is 22.5 Å². The van der Waals surface area contributed by atoms with Crippen LogP contribution in [0.1, 0.15) is 12.8 Å². The van der Waals surface area contributed by atoms with Gasteiger partial charge in [0.05, 0.1) is 4.92 Å². The van der Waals surface area contributed by atoms with Gasteiger partial charge in [-0.25, -0.2) is 9.78 Å². The monoisotopic (exact) mass is 383 g/mol. The summed E-state index contributed by atoms with van der Waals surface area (Å²) < 4.78 is 0. The van der Waals surface area contributed by atoms with Gasteiger partial charge in [0, 0.05) is 23.7 Å². The summed E-state index contributed by atoms with van der Waals surface area (Å²) in [5.41, 5.74) is 0.602. The highest BCUT2D eigenvalue weighted by molar-refractivity contribution is 7.18. The number of rotatable bonds is 7. The number of anilines is 2. The Kier molecular flexibility index (Phi) is 6.66. The molecule has 1 heterocycles. The Labute approximate surface area is 151 Å². The molecule has 0 unspecified atom stereocenters. The summed E-state index contributed by atoms with van der Waals surface area (Å²) in [5, 5.41) is 18.9. The number of halogens is 1. The Morgan fingerprint density at radius 1 is 1.24 bits per heavy atom. The summed E-state index contributed by atoms with van der Waals surface area (Å²) in [5.74, 6) is -0.329. The molecule has 0 spiro atoms. The zero-order chi connectivity index (χ0) is 18.2. The van der Waals surface area contributed by atoms with Gasteiger partial charge in [-0.05, 0) is 42.0 Å². The highest BCUT2D eigenvalue weighted by Crippen LogP contribution is 2.24. The number of carbonyl (C=O) groups is 2. The van der Waals surface area contributed by atoms with E-state index in [1.165, 1.54) is 0 Å². The molecule has 0 saturated carbocycles. The molecule has 0 saturated heterocycles. The van der Waals surface area contributed by atoms with E-state index in [0.29, 0.717) is 23.7 Å². The van der Waals surface area contributed by atoms with Crippen molar-refractivity contribution in [1.29, 1.82) is 0 Å². The van der Waals surface area contributed by atoms with Gasteiger partial charge in [-0.3, -0.25) is 14.9 Å². The van der Waals surface area contributed by atoms with E-state index in [0.717, 1.165) is 17.5 Å². The van der Waals surface area contributed by atoms with E-state index in [1.807, 2.05) is 0 Å². The zero-order valence-electron chi connectivity index (χ0n) is 12.8. The Hall–Kier alpha value is -2.72. The molecule has 25 heavy (non-hydrogen) atoms. The van der Waals surface area contributed by atoms with Gasteiger partial charge in [0.1, 0.15) is 6.20 Å². The maximum absolute atomic E-state index is 11.7. The van der Waals surface area contributed by atoms with Crippen molar-refractivity contribution < 1.29 is 14.5 Å². The molecule has 1 aromatic heterocycles. The third-order valence-corrected chi connectivity index (χ3v) is 4.00. The Morgan fingerprint density at radius 3 is 2.60 bits per heavy atom. The lowest BCUT2D eigenvalue weighted by Gasteiger charge is -2.07. The first-order valence-corrected chi connectivity index (χ1v) is 8.34. The maximum atomic E-state index is 11.7. The van der Waals surface area contributed by atoms with Crippen LogP contribution in [0.3, 0.4) is 0 Å². The topological polar surface area (TPSA) is 126 Å². The lowest BCUT2D eigenvalue weighted by Crippen LogP contribution is -2.30. The predicted molar refractivity (Wildman–Crippen MR) is 95.1 cm³/mol. The van der Waals surface area contributed by atoms with Crippen LogP contribution in [0.25, 0.3) is 0 Å². The fraction of sp³-hybridized carbons (Fsp3) is 0.214. The quantitative estimate of drug-likeness (QED) is 0.384. The van der Waals surface area contributed by atoms with Crippen molar-refractivity contribution in [3.63, 3.8) is 0 Å². The number of thiazole rings is 1. The van der Waals surface area contributed by atoms with Crippen LogP contribution in [0.2, 0.25) is 5.02 Å². The molecule has 11 heteroatoms. The third kappa shape index (κ3) is 6.36. The summed E-state index contributed by atoms with van der Waals surface area (Å²) in [4.78, 5) is 37.1. The molecule has 3 N–H and O–H groups in total. The average molecular weight is 384 g/mol. The second-order valence-electron chi connectivity index (χ2n) is 4.80. The number of nitro groups is 1. The average Bonchev–Trinajstić information content (AvgIpc) is 3.02. The predicted octanol–water partition coefficient (Wildman–Crippen LogP) is 3.25. The molecular weight excluding hydrogens is 370 g/mol. The van der Waals surface area contributed by atoms with E-state index >= 15 is 0 Å². The molecule has 2 aromatic rings. The number of hydrogen-bond donors (Lipinski definition) is 3. The summed E-state index contributed by atoms with van der Waals surface area (Å²) in [6.45, 7) is 0.296. The first kappa shape index (κ1) is 18.6. The van der Waals surface area contributed by atoms with Gasteiger partial charge in [0.15, 0.2) is 5.13 Å². The van der Waals surface area contributed by atoms with E-state index in [1.54, 1.807) is 24.3 Å². The molecule has 0 fully saturated rings. The van der Waals surface area contributed by atoms with Crippen LogP contribution >= 0.6 is 22.9 Å². The molecule has 9 nitrogen and oxygen atoms in total. The molecule has 2 rings (SSSR count). The molecule has 0 bridgehead atoms. The second kappa shape index (κ2) is 8.94. The molecule has 0 radical (unpaired) electrons. The van der Waals surface area contributed by atoms with Crippen LogP contribution in [-0.4, -0.2) is 28.4 Å². The number of hydrogen-bond acceptors (Lipinski definition) is 6. The number of urea groups is 1. The summed E-state index contributed by atoms with van der Waals surface area (Å²) in [7, 11) is 0. The van der Waals surface area contributed by atoms with Crippen LogP contribution in [0, 0.1) is 10.1 Å². The minimum Gasteiger partial charge on any atom is -0.338 e.